The molecule has 1 aliphatic carbocycles. The first-order valence-electron chi connectivity index (χ1n) is 7.77. The fraction of sp³-hybridized carbons (Fsp3) is 0.938. The molecule has 19 heavy (non-hydrogen) atoms. The van der Waals surface area contributed by atoms with Crippen LogP contribution in [0.25, 0.3) is 0 Å². The number of hydrogen-bond acceptors (Lipinski definition) is 3. The predicted molar refractivity (Wildman–Crippen MR) is 76.6 cm³/mol. The van der Waals surface area contributed by atoms with E-state index in [1.807, 2.05) is 0 Å². The van der Waals surface area contributed by atoms with Gasteiger partial charge in [-0.05, 0) is 31.1 Å². The Kier molecular flexibility index (Phi) is 4.53. The number of piperidine rings is 1. The molecule has 2 fully saturated rings. The van der Waals surface area contributed by atoms with Gasteiger partial charge in [-0.15, -0.1) is 0 Å². The van der Waals surface area contributed by atoms with Crippen LogP contribution in [0.15, 0.2) is 0 Å². The van der Waals surface area contributed by atoms with Gasteiger partial charge in [0.2, 0.25) is 0 Å². The molecule has 1 saturated heterocycles. The van der Waals surface area contributed by atoms with Gasteiger partial charge in [0, 0.05) is 32.0 Å². The first-order valence-corrected chi connectivity index (χ1v) is 7.77. The average Bonchev–Trinajstić information content (AvgIpc) is 2.36. The third-order valence-corrected chi connectivity index (χ3v) is 5.08. The molecular formula is C16H28N2O. The molecule has 0 radical (unpaired) electrons. The first-order chi connectivity index (χ1) is 8.95. The van der Waals surface area contributed by atoms with Crippen LogP contribution < -0.4 is 0 Å². The number of aliphatic hydroxyl groups is 1. The largest absolute Gasteiger partial charge is 0.390 e. The molecule has 0 spiro atoms. The van der Waals surface area contributed by atoms with Crippen molar-refractivity contribution < 1.29 is 5.11 Å². The monoisotopic (exact) mass is 264 g/mol. The van der Waals surface area contributed by atoms with E-state index >= 15 is 0 Å². The summed E-state index contributed by atoms with van der Waals surface area (Å²) in [6, 6.07) is 2.25. The van der Waals surface area contributed by atoms with Crippen molar-refractivity contribution in [1.29, 1.82) is 5.26 Å². The summed E-state index contributed by atoms with van der Waals surface area (Å²) in [7, 11) is 0. The van der Waals surface area contributed by atoms with Crippen molar-refractivity contribution >= 4 is 0 Å². The number of nitrogens with zero attached hydrogens (tertiary/aromatic N) is 2. The first kappa shape index (κ1) is 14.8. The Hall–Kier alpha value is -0.590. The Morgan fingerprint density at radius 3 is 2.89 bits per heavy atom. The highest BCUT2D eigenvalue weighted by Crippen LogP contribution is 2.40. The van der Waals surface area contributed by atoms with E-state index < -0.39 is 0 Å². The predicted octanol–water partition coefficient (Wildman–Crippen LogP) is 2.94. The lowest BCUT2D eigenvalue weighted by Gasteiger charge is -2.48. The third kappa shape index (κ3) is 3.70. The van der Waals surface area contributed by atoms with E-state index in [4.69, 9.17) is 5.26 Å². The summed E-state index contributed by atoms with van der Waals surface area (Å²) >= 11 is 0. The van der Waals surface area contributed by atoms with Gasteiger partial charge < -0.3 is 10.0 Å². The lowest BCUT2D eigenvalue weighted by atomic mass is 9.71. The topological polar surface area (TPSA) is 47.3 Å². The van der Waals surface area contributed by atoms with Gasteiger partial charge in [0.05, 0.1) is 11.7 Å². The van der Waals surface area contributed by atoms with Crippen LogP contribution in [0, 0.1) is 22.7 Å². The van der Waals surface area contributed by atoms with E-state index in [-0.39, 0.29) is 11.0 Å². The summed E-state index contributed by atoms with van der Waals surface area (Å²) in [4.78, 5) is 2.52. The fourth-order valence-electron chi connectivity index (χ4n) is 3.86. The third-order valence-electron chi connectivity index (χ3n) is 5.08. The van der Waals surface area contributed by atoms with E-state index in [2.05, 4.69) is 24.8 Å². The summed E-state index contributed by atoms with van der Waals surface area (Å²) in [6.07, 6.45) is 7.21. The van der Waals surface area contributed by atoms with Gasteiger partial charge in [-0.2, -0.15) is 5.26 Å². The molecule has 108 valence electrons. The van der Waals surface area contributed by atoms with Crippen molar-refractivity contribution in [2.24, 2.45) is 11.3 Å². The molecule has 1 heterocycles. The number of rotatable bonds is 4. The van der Waals surface area contributed by atoms with E-state index in [0.29, 0.717) is 12.3 Å². The molecule has 2 aliphatic rings. The Balaban J connectivity index is 1.89. The molecule has 2 rings (SSSR count). The Morgan fingerprint density at radius 1 is 1.37 bits per heavy atom. The molecule has 2 atom stereocenters. The Bertz CT molecular complexity index is 347. The summed E-state index contributed by atoms with van der Waals surface area (Å²) in [5.41, 5.74) is -0.161. The zero-order valence-corrected chi connectivity index (χ0v) is 12.5. The highest BCUT2D eigenvalue weighted by molar-refractivity contribution is 4.96. The van der Waals surface area contributed by atoms with Crippen molar-refractivity contribution in [2.75, 3.05) is 19.6 Å². The quantitative estimate of drug-likeness (QED) is 0.849. The molecule has 2 unspecified atom stereocenters. The van der Waals surface area contributed by atoms with Gasteiger partial charge in [-0.25, -0.2) is 0 Å². The van der Waals surface area contributed by atoms with Gasteiger partial charge in [0.1, 0.15) is 0 Å². The van der Waals surface area contributed by atoms with Crippen molar-refractivity contribution in [3.05, 3.63) is 0 Å². The number of hydrogen-bond donors (Lipinski definition) is 1. The summed E-state index contributed by atoms with van der Waals surface area (Å²) < 4.78 is 0. The lowest BCUT2D eigenvalue weighted by molar-refractivity contribution is -0.0997. The van der Waals surface area contributed by atoms with E-state index in [9.17, 15) is 5.11 Å². The van der Waals surface area contributed by atoms with Crippen LogP contribution in [0.4, 0.5) is 0 Å². The molecule has 0 aromatic heterocycles. The van der Waals surface area contributed by atoms with Crippen molar-refractivity contribution in [2.45, 2.75) is 64.4 Å². The highest BCUT2D eigenvalue weighted by atomic mass is 16.3. The van der Waals surface area contributed by atoms with Gasteiger partial charge in [-0.1, -0.05) is 26.7 Å². The second-order valence-electron chi connectivity index (χ2n) is 7.35. The highest BCUT2D eigenvalue weighted by Gasteiger charge is 2.43. The van der Waals surface area contributed by atoms with E-state index in [0.717, 1.165) is 38.9 Å². The molecule has 0 bridgehead atoms. The lowest BCUT2D eigenvalue weighted by Crippen LogP contribution is -2.54. The minimum Gasteiger partial charge on any atom is -0.390 e. The minimum atomic E-state index is -0.369. The van der Waals surface area contributed by atoms with E-state index in [1.54, 1.807) is 0 Å². The summed E-state index contributed by atoms with van der Waals surface area (Å²) in [6.45, 7) is 7.63. The molecule has 0 aromatic carbocycles. The van der Waals surface area contributed by atoms with Crippen LogP contribution in [0.2, 0.25) is 0 Å². The van der Waals surface area contributed by atoms with Gasteiger partial charge in [0.15, 0.2) is 0 Å². The molecule has 1 N–H and O–H groups in total. The molecule has 3 heteroatoms. The normalized spacial score (nSPS) is 32.6. The van der Waals surface area contributed by atoms with Crippen molar-refractivity contribution in [1.82, 2.24) is 4.90 Å². The van der Waals surface area contributed by atoms with Crippen LogP contribution in [0.1, 0.15) is 58.8 Å². The summed E-state index contributed by atoms with van der Waals surface area (Å²) in [5.74, 6) is 0.474. The number of likely N-dealkylation sites (tertiary alicyclic amines) is 1. The molecule has 1 saturated carbocycles. The standard InChI is InChI=1S/C16H28N2O/c1-15(2,7-5-10-17)13-18-11-9-16(19)8-4-3-6-14(16)12-18/h14,19H,3-9,11-13H2,1-2H3. The maximum absolute atomic E-state index is 10.7. The van der Waals surface area contributed by atoms with Crippen LogP contribution in [-0.2, 0) is 0 Å². The molecule has 3 nitrogen and oxygen atoms in total. The smallest absolute Gasteiger partial charge is 0.0700 e. The minimum absolute atomic E-state index is 0.208. The number of fused-ring (bicyclic) bond motifs is 1. The van der Waals surface area contributed by atoms with E-state index in [1.165, 1.54) is 19.3 Å². The van der Waals surface area contributed by atoms with Gasteiger partial charge in [0.25, 0.3) is 0 Å². The number of nitriles is 1. The molecule has 0 amide bonds. The maximum atomic E-state index is 10.7. The van der Waals surface area contributed by atoms with Crippen LogP contribution in [0.5, 0.6) is 0 Å². The SMILES string of the molecule is CC(C)(CCC#N)CN1CCC2(O)CCCCC2C1. The van der Waals surface area contributed by atoms with Crippen LogP contribution in [0.3, 0.4) is 0 Å². The molecule has 0 aromatic rings. The zero-order valence-electron chi connectivity index (χ0n) is 12.5. The molecular weight excluding hydrogens is 236 g/mol. The Labute approximate surface area is 117 Å². The maximum Gasteiger partial charge on any atom is 0.0700 e. The Morgan fingerprint density at radius 2 is 2.16 bits per heavy atom. The summed E-state index contributed by atoms with van der Waals surface area (Å²) in [5, 5.41) is 19.4. The zero-order chi connectivity index (χ0) is 13.9. The van der Waals surface area contributed by atoms with Crippen LogP contribution >= 0.6 is 0 Å². The van der Waals surface area contributed by atoms with Crippen molar-refractivity contribution in [3.8, 4) is 6.07 Å². The van der Waals surface area contributed by atoms with Gasteiger partial charge >= 0.3 is 0 Å². The second kappa shape index (κ2) is 5.81. The van der Waals surface area contributed by atoms with Crippen LogP contribution in [-0.4, -0.2) is 35.2 Å². The van der Waals surface area contributed by atoms with Crippen molar-refractivity contribution in [3.63, 3.8) is 0 Å². The fourth-order valence-corrected chi connectivity index (χ4v) is 3.86. The molecule has 1 aliphatic heterocycles. The van der Waals surface area contributed by atoms with Gasteiger partial charge in [-0.3, -0.25) is 0 Å². The second-order valence-corrected chi connectivity index (χ2v) is 7.35. The average molecular weight is 264 g/mol.